The predicted molar refractivity (Wildman–Crippen MR) is 84.2 cm³/mol. The van der Waals surface area contributed by atoms with Gasteiger partial charge in [-0.15, -0.1) is 11.3 Å². The minimum atomic E-state index is -0.249. The zero-order chi connectivity index (χ0) is 15.4. The molecule has 0 radical (unpaired) electrons. The second kappa shape index (κ2) is 6.53. The van der Waals surface area contributed by atoms with Crippen molar-refractivity contribution in [3.63, 3.8) is 0 Å². The van der Waals surface area contributed by atoms with E-state index in [0.29, 0.717) is 0 Å². The molecule has 0 unspecified atom stereocenters. The first kappa shape index (κ1) is 16.9. The number of amides is 1. The normalized spacial score (nSPS) is 12.2. The minimum absolute atomic E-state index is 0.0452. The van der Waals surface area contributed by atoms with Crippen molar-refractivity contribution in [2.75, 3.05) is 0 Å². The summed E-state index contributed by atoms with van der Waals surface area (Å²) >= 11 is 1.42. The van der Waals surface area contributed by atoms with Gasteiger partial charge in [-0.3, -0.25) is 9.59 Å². The SMILES string of the molecule is CC(C)(C)CC(C)(C)NC(=O)CCC(=O)c1cccs1. The van der Waals surface area contributed by atoms with Crippen LogP contribution in [-0.2, 0) is 4.79 Å². The van der Waals surface area contributed by atoms with Crippen LogP contribution in [0, 0.1) is 5.41 Å². The molecule has 1 rings (SSSR count). The number of hydrogen-bond acceptors (Lipinski definition) is 3. The van der Waals surface area contributed by atoms with Gasteiger partial charge >= 0.3 is 0 Å². The average molecular weight is 295 g/mol. The Morgan fingerprint density at radius 3 is 2.30 bits per heavy atom. The molecule has 4 heteroatoms. The van der Waals surface area contributed by atoms with Crippen molar-refractivity contribution < 1.29 is 9.59 Å². The maximum absolute atomic E-state index is 12.0. The highest BCUT2D eigenvalue weighted by atomic mass is 32.1. The molecular formula is C16H25NO2S. The van der Waals surface area contributed by atoms with E-state index in [0.717, 1.165) is 11.3 Å². The van der Waals surface area contributed by atoms with Gasteiger partial charge in [0.05, 0.1) is 4.88 Å². The fourth-order valence-corrected chi connectivity index (χ4v) is 3.29. The standard InChI is InChI=1S/C16H25NO2S/c1-15(2,3)11-16(4,5)17-14(19)9-8-12(18)13-7-6-10-20-13/h6-7,10H,8-9,11H2,1-5H3,(H,17,19). The monoisotopic (exact) mass is 295 g/mol. The van der Waals surface area contributed by atoms with Crippen LogP contribution in [0.15, 0.2) is 17.5 Å². The predicted octanol–water partition coefficient (Wildman–Crippen LogP) is 4.04. The molecule has 0 aliphatic rings. The van der Waals surface area contributed by atoms with E-state index in [1.54, 1.807) is 6.07 Å². The second-order valence-electron chi connectivity index (χ2n) is 7.07. The number of rotatable bonds is 6. The van der Waals surface area contributed by atoms with Crippen LogP contribution in [0.3, 0.4) is 0 Å². The van der Waals surface area contributed by atoms with Crippen LogP contribution < -0.4 is 5.32 Å². The number of Topliss-reactive ketones (excluding diaryl/α,β-unsaturated/α-hetero) is 1. The third-order valence-corrected chi connectivity index (χ3v) is 3.74. The molecule has 0 atom stereocenters. The van der Waals surface area contributed by atoms with Crippen molar-refractivity contribution >= 4 is 23.0 Å². The topological polar surface area (TPSA) is 46.2 Å². The molecule has 0 aliphatic carbocycles. The van der Waals surface area contributed by atoms with E-state index in [1.807, 2.05) is 25.3 Å². The molecule has 0 aliphatic heterocycles. The smallest absolute Gasteiger partial charge is 0.220 e. The first-order chi connectivity index (χ1) is 9.09. The number of carbonyl (C=O) groups is 2. The highest BCUT2D eigenvalue weighted by molar-refractivity contribution is 7.12. The lowest BCUT2D eigenvalue weighted by Gasteiger charge is -2.33. The van der Waals surface area contributed by atoms with Gasteiger partial charge in [-0.05, 0) is 37.1 Å². The van der Waals surface area contributed by atoms with E-state index in [9.17, 15) is 9.59 Å². The summed E-state index contributed by atoms with van der Waals surface area (Å²) in [4.78, 5) is 24.5. The van der Waals surface area contributed by atoms with Crippen LogP contribution in [-0.4, -0.2) is 17.2 Å². The van der Waals surface area contributed by atoms with Crippen LogP contribution in [0.25, 0.3) is 0 Å². The van der Waals surface area contributed by atoms with Crippen LogP contribution in [0.5, 0.6) is 0 Å². The Labute approximate surface area is 125 Å². The van der Waals surface area contributed by atoms with E-state index >= 15 is 0 Å². The molecule has 0 fully saturated rings. The van der Waals surface area contributed by atoms with Crippen molar-refractivity contribution in [1.29, 1.82) is 0 Å². The Hall–Kier alpha value is -1.16. The molecule has 1 amide bonds. The Morgan fingerprint density at radius 2 is 1.80 bits per heavy atom. The molecule has 1 heterocycles. The number of carbonyl (C=O) groups excluding carboxylic acids is 2. The molecule has 112 valence electrons. The summed E-state index contributed by atoms with van der Waals surface area (Å²) in [6.07, 6.45) is 1.42. The van der Waals surface area contributed by atoms with Crippen molar-refractivity contribution in [2.45, 2.75) is 59.4 Å². The van der Waals surface area contributed by atoms with Crippen molar-refractivity contribution in [3.8, 4) is 0 Å². The zero-order valence-electron chi connectivity index (χ0n) is 13.1. The molecule has 1 N–H and O–H groups in total. The van der Waals surface area contributed by atoms with Crippen LogP contribution in [0.2, 0.25) is 0 Å². The van der Waals surface area contributed by atoms with Crippen LogP contribution >= 0.6 is 11.3 Å². The summed E-state index contributed by atoms with van der Waals surface area (Å²) in [7, 11) is 0. The minimum Gasteiger partial charge on any atom is -0.351 e. The highest BCUT2D eigenvalue weighted by Crippen LogP contribution is 2.26. The number of thiophene rings is 1. The molecule has 1 aromatic rings. The number of nitrogens with one attached hydrogen (secondary N) is 1. The number of hydrogen-bond donors (Lipinski definition) is 1. The van der Waals surface area contributed by atoms with Gasteiger partial charge in [0.1, 0.15) is 0 Å². The molecule has 3 nitrogen and oxygen atoms in total. The lowest BCUT2D eigenvalue weighted by molar-refractivity contribution is -0.122. The number of ketones is 1. The summed E-state index contributed by atoms with van der Waals surface area (Å²) in [5, 5.41) is 4.90. The van der Waals surface area contributed by atoms with Crippen molar-refractivity contribution in [3.05, 3.63) is 22.4 Å². The largest absolute Gasteiger partial charge is 0.351 e. The van der Waals surface area contributed by atoms with Gasteiger partial charge in [0.2, 0.25) is 5.91 Å². The van der Waals surface area contributed by atoms with Gasteiger partial charge in [0.25, 0.3) is 0 Å². The molecule has 0 saturated heterocycles. The lowest BCUT2D eigenvalue weighted by atomic mass is 9.81. The lowest BCUT2D eigenvalue weighted by Crippen LogP contribution is -2.45. The van der Waals surface area contributed by atoms with Gasteiger partial charge in [-0.2, -0.15) is 0 Å². The average Bonchev–Trinajstić information content (AvgIpc) is 2.74. The summed E-state index contributed by atoms with van der Waals surface area (Å²) < 4.78 is 0. The molecule has 0 saturated carbocycles. The van der Waals surface area contributed by atoms with E-state index in [4.69, 9.17) is 0 Å². The van der Waals surface area contributed by atoms with Gasteiger partial charge in [0, 0.05) is 18.4 Å². The second-order valence-corrected chi connectivity index (χ2v) is 8.02. The molecule has 0 spiro atoms. The third kappa shape index (κ3) is 6.33. The van der Waals surface area contributed by atoms with E-state index < -0.39 is 0 Å². The van der Waals surface area contributed by atoms with Crippen LogP contribution in [0.1, 0.15) is 63.6 Å². The summed E-state index contributed by atoms with van der Waals surface area (Å²) in [6, 6.07) is 3.65. The molecule has 0 bridgehead atoms. The first-order valence-corrected chi connectivity index (χ1v) is 7.85. The van der Waals surface area contributed by atoms with E-state index in [-0.39, 0.29) is 35.5 Å². The Morgan fingerprint density at radius 1 is 1.15 bits per heavy atom. The van der Waals surface area contributed by atoms with Gasteiger partial charge < -0.3 is 5.32 Å². The Kier molecular flexibility index (Phi) is 5.51. The molecular weight excluding hydrogens is 270 g/mol. The van der Waals surface area contributed by atoms with E-state index in [1.165, 1.54) is 11.3 Å². The van der Waals surface area contributed by atoms with Gasteiger partial charge in [-0.25, -0.2) is 0 Å². The molecule has 0 aromatic carbocycles. The Balaban J connectivity index is 2.42. The summed E-state index contributed by atoms with van der Waals surface area (Å²) in [5.74, 6) is -0.00654. The Bertz CT molecular complexity index is 455. The van der Waals surface area contributed by atoms with Crippen molar-refractivity contribution in [2.24, 2.45) is 5.41 Å². The highest BCUT2D eigenvalue weighted by Gasteiger charge is 2.27. The zero-order valence-corrected chi connectivity index (χ0v) is 13.9. The molecule has 1 aromatic heterocycles. The van der Waals surface area contributed by atoms with Gasteiger partial charge in [-0.1, -0.05) is 26.8 Å². The quantitative estimate of drug-likeness (QED) is 0.805. The fourth-order valence-electron chi connectivity index (χ4n) is 2.60. The van der Waals surface area contributed by atoms with Crippen LogP contribution in [0.4, 0.5) is 0 Å². The maximum atomic E-state index is 12.0. The third-order valence-electron chi connectivity index (χ3n) is 2.83. The first-order valence-electron chi connectivity index (χ1n) is 6.97. The van der Waals surface area contributed by atoms with Crippen molar-refractivity contribution in [1.82, 2.24) is 5.32 Å². The summed E-state index contributed by atoms with van der Waals surface area (Å²) in [5.41, 5.74) is -0.0924. The maximum Gasteiger partial charge on any atom is 0.220 e. The summed E-state index contributed by atoms with van der Waals surface area (Å²) in [6.45, 7) is 10.5. The van der Waals surface area contributed by atoms with E-state index in [2.05, 4.69) is 26.1 Å². The molecule has 20 heavy (non-hydrogen) atoms. The van der Waals surface area contributed by atoms with Gasteiger partial charge in [0.15, 0.2) is 5.78 Å². The fraction of sp³-hybridized carbons (Fsp3) is 0.625.